The predicted octanol–water partition coefficient (Wildman–Crippen LogP) is 2.50. The molecule has 2 aromatic rings. The molecule has 1 heterocycles. The molecule has 106 valence electrons. The molecule has 3 N–H and O–H groups in total. The van der Waals surface area contributed by atoms with Gasteiger partial charge in [0.05, 0.1) is 11.1 Å². The van der Waals surface area contributed by atoms with Crippen LogP contribution in [0.15, 0.2) is 42.5 Å². The van der Waals surface area contributed by atoms with Gasteiger partial charge in [-0.2, -0.15) is 0 Å². The fourth-order valence-corrected chi connectivity index (χ4v) is 2.82. The van der Waals surface area contributed by atoms with Crippen molar-refractivity contribution in [3.05, 3.63) is 64.7 Å². The first-order valence-corrected chi connectivity index (χ1v) is 6.90. The van der Waals surface area contributed by atoms with Gasteiger partial charge >= 0.3 is 0 Å². The normalized spacial score (nSPS) is 14.7. The first kappa shape index (κ1) is 13.4. The van der Waals surface area contributed by atoms with Gasteiger partial charge in [-0.05, 0) is 35.6 Å². The second-order valence-corrected chi connectivity index (χ2v) is 5.36. The molecule has 1 atom stereocenters. The Balaban J connectivity index is 1.97. The van der Waals surface area contributed by atoms with Crippen LogP contribution in [-0.4, -0.2) is 11.8 Å². The van der Waals surface area contributed by atoms with Gasteiger partial charge in [-0.15, -0.1) is 0 Å². The molecule has 1 aliphatic rings. The second kappa shape index (κ2) is 5.05. The summed E-state index contributed by atoms with van der Waals surface area (Å²) in [6.45, 7) is 2.04. The number of para-hydroxylation sites is 1. The van der Waals surface area contributed by atoms with Crippen LogP contribution in [0.5, 0.6) is 0 Å². The molecule has 4 nitrogen and oxygen atoms in total. The lowest BCUT2D eigenvalue weighted by atomic mass is 9.88. The van der Waals surface area contributed by atoms with Crippen molar-refractivity contribution >= 4 is 17.5 Å². The van der Waals surface area contributed by atoms with E-state index < -0.39 is 0 Å². The number of rotatable bonds is 3. The SMILES string of the molecule is CC(Cc1ccccc1N)c1cccc2c1C(=O)NC2=O. The predicted molar refractivity (Wildman–Crippen MR) is 81.2 cm³/mol. The fraction of sp³-hybridized carbons (Fsp3) is 0.176. The number of hydrogen-bond donors (Lipinski definition) is 2. The fourth-order valence-electron chi connectivity index (χ4n) is 2.82. The van der Waals surface area contributed by atoms with Crippen LogP contribution in [0.25, 0.3) is 0 Å². The van der Waals surface area contributed by atoms with Crippen LogP contribution in [0.4, 0.5) is 5.69 Å². The van der Waals surface area contributed by atoms with E-state index in [1.807, 2.05) is 43.3 Å². The highest BCUT2D eigenvalue weighted by Gasteiger charge is 2.30. The number of nitrogen functional groups attached to an aromatic ring is 1. The molecule has 1 aliphatic heterocycles. The highest BCUT2D eigenvalue weighted by molar-refractivity contribution is 6.22. The molecule has 2 aromatic carbocycles. The van der Waals surface area contributed by atoms with Gasteiger partial charge in [-0.3, -0.25) is 14.9 Å². The molecule has 0 aromatic heterocycles. The van der Waals surface area contributed by atoms with E-state index in [9.17, 15) is 9.59 Å². The average molecular weight is 280 g/mol. The Morgan fingerprint density at radius 3 is 2.57 bits per heavy atom. The molecule has 0 radical (unpaired) electrons. The quantitative estimate of drug-likeness (QED) is 0.670. The molecule has 4 heteroatoms. The monoisotopic (exact) mass is 280 g/mol. The number of fused-ring (bicyclic) bond motifs is 1. The third-order valence-electron chi connectivity index (χ3n) is 3.91. The Morgan fingerprint density at radius 1 is 1.05 bits per heavy atom. The van der Waals surface area contributed by atoms with E-state index in [-0.39, 0.29) is 17.7 Å². The molecular weight excluding hydrogens is 264 g/mol. The van der Waals surface area contributed by atoms with Crippen molar-refractivity contribution in [2.24, 2.45) is 0 Å². The van der Waals surface area contributed by atoms with Crippen LogP contribution in [0.1, 0.15) is 44.7 Å². The van der Waals surface area contributed by atoms with Crippen LogP contribution in [0, 0.1) is 0 Å². The summed E-state index contributed by atoms with van der Waals surface area (Å²) in [5, 5.41) is 2.35. The number of nitrogens with one attached hydrogen (secondary N) is 1. The van der Waals surface area contributed by atoms with E-state index >= 15 is 0 Å². The average Bonchev–Trinajstić information content (AvgIpc) is 2.77. The molecule has 0 spiro atoms. The van der Waals surface area contributed by atoms with Gasteiger partial charge in [-0.1, -0.05) is 37.3 Å². The molecular formula is C17H16N2O2. The van der Waals surface area contributed by atoms with Gasteiger partial charge < -0.3 is 5.73 Å². The largest absolute Gasteiger partial charge is 0.399 e. The minimum atomic E-state index is -0.316. The standard InChI is InChI=1S/C17H16N2O2/c1-10(9-11-5-2-3-8-14(11)18)12-6-4-7-13-15(12)17(21)19-16(13)20/h2-8,10H,9,18H2,1H3,(H,19,20,21). The summed E-state index contributed by atoms with van der Waals surface area (Å²) in [5.41, 5.74) is 9.63. The Bertz CT molecular complexity index is 737. The number of amides is 2. The third kappa shape index (κ3) is 2.29. The van der Waals surface area contributed by atoms with Gasteiger partial charge in [0.1, 0.15) is 0 Å². The van der Waals surface area contributed by atoms with Crippen molar-refractivity contribution in [3.63, 3.8) is 0 Å². The second-order valence-electron chi connectivity index (χ2n) is 5.36. The molecule has 0 saturated carbocycles. The van der Waals surface area contributed by atoms with Crippen LogP contribution in [-0.2, 0) is 6.42 Å². The van der Waals surface area contributed by atoms with Gasteiger partial charge in [0.15, 0.2) is 0 Å². The van der Waals surface area contributed by atoms with E-state index in [1.165, 1.54) is 0 Å². The highest BCUT2D eigenvalue weighted by atomic mass is 16.2. The molecule has 1 unspecified atom stereocenters. The lowest BCUT2D eigenvalue weighted by Gasteiger charge is -2.15. The number of hydrogen-bond acceptors (Lipinski definition) is 3. The van der Waals surface area contributed by atoms with E-state index in [2.05, 4.69) is 5.32 Å². The Morgan fingerprint density at radius 2 is 1.81 bits per heavy atom. The van der Waals surface area contributed by atoms with Crippen molar-refractivity contribution < 1.29 is 9.59 Å². The summed E-state index contributed by atoms with van der Waals surface area (Å²) in [4.78, 5) is 23.7. The van der Waals surface area contributed by atoms with Crippen molar-refractivity contribution in [3.8, 4) is 0 Å². The van der Waals surface area contributed by atoms with Crippen molar-refractivity contribution in [2.75, 3.05) is 5.73 Å². The molecule has 0 bridgehead atoms. The zero-order chi connectivity index (χ0) is 15.0. The third-order valence-corrected chi connectivity index (χ3v) is 3.91. The van der Waals surface area contributed by atoms with E-state index in [0.29, 0.717) is 11.1 Å². The first-order valence-electron chi connectivity index (χ1n) is 6.90. The zero-order valence-corrected chi connectivity index (χ0v) is 11.7. The smallest absolute Gasteiger partial charge is 0.259 e. The number of benzene rings is 2. The Kier molecular flexibility index (Phi) is 3.22. The lowest BCUT2D eigenvalue weighted by molar-refractivity contribution is 0.0879. The Labute approximate surface area is 123 Å². The van der Waals surface area contributed by atoms with Gasteiger partial charge in [0, 0.05) is 5.69 Å². The molecule has 0 saturated heterocycles. The molecule has 0 aliphatic carbocycles. The van der Waals surface area contributed by atoms with Gasteiger partial charge in [0.2, 0.25) is 0 Å². The topological polar surface area (TPSA) is 72.2 Å². The number of carbonyl (C=O) groups is 2. The molecule has 21 heavy (non-hydrogen) atoms. The summed E-state index contributed by atoms with van der Waals surface area (Å²) < 4.78 is 0. The number of nitrogens with two attached hydrogens (primary N) is 1. The first-order chi connectivity index (χ1) is 10.1. The van der Waals surface area contributed by atoms with E-state index in [4.69, 9.17) is 5.73 Å². The van der Waals surface area contributed by atoms with Crippen LogP contribution < -0.4 is 11.1 Å². The number of carbonyl (C=O) groups excluding carboxylic acids is 2. The molecule has 3 rings (SSSR count). The van der Waals surface area contributed by atoms with Gasteiger partial charge in [-0.25, -0.2) is 0 Å². The van der Waals surface area contributed by atoms with Crippen molar-refractivity contribution in [1.29, 1.82) is 0 Å². The van der Waals surface area contributed by atoms with Crippen LogP contribution in [0.2, 0.25) is 0 Å². The maximum absolute atomic E-state index is 12.0. The summed E-state index contributed by atoms with van der Waals surface area (Å²) >= 11 is 0. The number of anilines is 1. The summed E-state index contributed by atoms with van der Waals surface area (Å²) in [6, 6.07) is 13.1. The number of imide groups is 1. The minimum absolute atomic E-state index is 0.0984. The lowest BCUT2D eigenvalue weighted by Crippen LogP contribution is -2.20. The van der Waals surface area contributed by atoms with E-state index in [0.717, 1.165) is 23.2 Å². The summed E-state index contributed by atoms with van der Waals surface area (Å²) in [7, 11) is 0. The molecule has 0 fully saturated rings. The molecule has 2 amide bonds. The maximum atomic E-state index is 12.0. The van der Waals surface area contributed by atoms with Gasteiger partial charge in [0.25, 0.3) is 11.8 Å². The zero-order valence-electron chi connectivity index (χ0n) is 11.7. The Hall–Kier alpha value is -2.62. The highest BCUT2D eigenvalue weighted by Crippen LogP contribution is 2.29. The maximum Gasteiger partial charge on any atom is 0.259 e. The minimum Gasteiger partial charge on any atom is -0.399 e. The van der Waals surface area contributed by atoms with E-state index in [1.54, 1.807) is 6.07 Å². The van der Waals surface area contributed by atoms with Crippen molar-refractivity contribution in [1.82, 2.24) is 5.32 Å². The van der Waals surface area contributed by atoms with Crippen LogP contribution >= 0.6 is 0 Å². The van der Waals surface area contributed by atoms with Crippen molar-refractivity contribution in [2.45, 2.75) is 19.3 Å². The van der Waals surface area contributed by atoms with Crippen LogP contribution in [0.3, 0.4) is 0 Å². The summed E-state index contributed by atoms with van der Waals surface area (Å²) in [5.74, 6) is -0.525. The summed E-state index contributed by atoms with van der Waals surface area (Å²) in [6.07, 6.45) is 0.727.